The molecule has 0 radical (unpaired) electrons. The van der Waals surface area contributed by atoms with Crippen LogP contribution in [-0.4, -0.2) is 30.2 Å². The number of hydrogen-bond donors (Lipinski definition) is 0. The van der Waals surface area contributed by atoms with E-state index in [1.54, 1.807) is 7.11 Å². The molecule has 1 heterocycles. The van der Waals surface area contributed by atoms with E-state index in [9.17, 15) is 4.79 Å². The number of carbonyl (C=O) groups excluding carboxylic acids is 1. The molecule has 0 atom stereocenters. The van der Waals surface area contributed by atoms with Crippen molar-refractivity contribution < 1.29 is 9.53 Å². The minimum absolute atomic E-state index is 0.117. The molecule has 1 aliphatic heterocycles. The number of Topliss-reactive ketones (excluding diaryl/α,β-unsaturated/α-hetero) is 1. The lowest BCUT2D eigenvalue weighted by Gasteiger charge is -2.20. The summed E-state index contributed by atoms with van der Waals surface area (Å²) in [6.07, 6.45) is 2.13. The van der Waals surface area contributed by atoms with Crippen molar-refractivity contribution in [3.63, 3.8) is 0 Å². The number of methoxy groups -OCH3 is 1. The Hall–Kier alpha value is -2.28. The molecule has 0 amide bonds. The quantitative estimate of drug-likeness (QED) is 0.792. The van der Waals surface area contributed by atoms with Crippen LogP contribution < -0.4 is 4.74 Å². The van der Waals surface area contributed by atoms with Gasteiger partial charge in [0.2, 0.25) is 0 Å². The van der Waals surface area contributed by atoms with Gasteiger partial charge >= 0.3 is 0 Å². The van der Waals surface area contributed by atoms with Gasteiger partial charge in [0.25, 0.3) is 0 Å². The fourth-order valence-electron chi connectivity index (χ4n) is 1.99. The summed E-state index contributed by atoms with van der Waals surface area (Å²) in [5.41, 5.74) is 1.56. The molecular weight excluding hydrogens is 252 g/mol. The van der Waals surface area contributed by atoms with E-state index < -0.39 is 0 Å². The Morgan fingerprint density at radius 3 is 2.95 bits per heavy atom. The van der Waals surface area contributed by atoms with E-state index >= 15 is 0 Å². The summed E-state index contributed by atoms with van der Waals surface area (Å²) in [5.74, 6) is 3.85. The van der Waals surface area contributed by atoms with Gasteiger partial charge in [0.15, 0.2) is 5.78 Å². The Labute approximate surface area is 119 Å². The van der Waals surface area contributed by atoms with Gasteiger partial charge < -0.3 is 4.74 Å². The van der Waals surface area contributed by atoms with Crippen molar-refractivity contribution in [2.75, 3.05) is 13.7 Å². The second-order valence-electron chi connectivity index (χ2n) is 4.56. The first-order valence-corrected chi connectivity index (χ1v) is 6.73. The van der Waals surface area contributed by atoms with Crippen LogP contribution in [0.25, 0.3) is 0 Å². The number of benzene rings is 1. The van der Waals surface area contributed by atoms with Gasteiger partial charge in [0.1, 0.15) is 12.3 Å². The maximum atomic E-state index is 11.9. The molecule has 4 heteroatoms. The van der Waals surface area contributed by atoms with Gasteiger partial charge in [-0.05, 0) is 18.6 Å². The number of para-hydroxylation sites is 1. The van der Waals surface area contributed by atoms with Crippen LogP contribution in [0.1, 0.15) is 31.7 Å². The molecule has 0 aliphatic carbocycles. The molecule has 4 nitrogen and oxygen atoms in total. The molecule has 0 saturated carbocycles. The largest absolute Gasteiger partial charge is 0.496 e. The lowest BCUT2D eigenvalue weighted by Crippen LogP contribution is -2.30. The highest BCUT2D eigenvalue weighted by atomic mass is 16.5. The molecule has 1 aromatic rings. The molecule has 0 bridgehead atoms. The number of rotatable bonds is 3. The smallest absolute Gasteiger partial charge is 0.161 e. The third-order valence-corrected chi connectivity index (χ3v) is 2.93. The van der Waals surface area contributed by atoms with Crippen LogP contribution in [0.4, 0.5) is 0 Å². The Morgan fingerprint density at radius 1 is 1.40 bits per heavy atom. The zero-order valence-electron chi connectivity index (χ0n) is 11.8. The molecule has 2 rings (SSSR count). The zero-order chi connectivity index (χ0) is 14.4. The molecule has 0 fully saturated rings. The van der Waals surface area contributed by atoms with Crippen LogP contribution in [0.2, 0.25) is 0 Å². The van der Waals surface area contributed by atoms with E-state index in [1.165, 1.54) is 5.01 Å². The molecule has 1 aliphatic rings. The van der Waals surface area contributed by atoms with Gasteiger partial charge in [-0.25, -0.2) is 5.01 Å². The number of ether oxygens (including phenoxy) is 1. The van der Waals surface area contributed by atoms with Crippen molar-refractivity contribution in [3.8, 4) is 17.7 Å². The first kappa shape index (κ1) is 14.1. The van der Waals surface area contributed by atoms with E-state index in [1.807, 2.05) is 24.3 Å². The first-order valence-electron chi connectivity index (χ1n) is 6.73. The molecule has 20 heavy (non-hydrogen) atoms. The summed E-state index contributed by atoms with van der Waals surface area (Å²) in [7, 11) is 1.61. The second kappa shape index (κ2) is 6.76. The fourth-order valence-corrected chi connectivity index (χ4v) is 1.99. The van der Waals surface area contributed by atoms with Crippen LogP contribution in [0.3, 0.4) is 0 Å². The fraction of sp³-hybridized carbons (Fsp3) is 0.375. The molecule has 0 spiro atoms. The van der Waals surface area contributed by atoms with Crippen LogP contribution in [0.5, 0.6) is 5.75 Å². The molecule has 0 aromatic heterocycles. The van der Waals surface area contributed by atoms with Crippen molar-refractivity contribution in [1.82, 2.24) is 5.01 Å². The van der Waals surface area contributed by atoms with E-state index in [-0.39, 0.29) is 12.3 Å². The standard InChI is InChI=1S/C16H18N2O2/c1-3-4-7-10-18-12-13(19)11-15(17-18)14-8-5-6-9-16(14)20-2/h5-6,8-9H,3-4,11-12H2,1-2H3. The average Bonchev–Trinajstić information content (AvgIpc) is 2.47. The topological polar surface area (TPSA) is 41.9 Å². The molecule has 1 aromatic carbocycles. The summed E-state index contributed by atoms with van der Waals surface area (Å²) < 4.78 is 5.32. The monoisotopic (exact) mass is 270 g/mol. The minimum atomic E-state index is 0.117. The van der Waals surface area contributed by atoms with Crippen LogP contribution in [0, 0.1) is 12.0 Å². The van der Waals surface area contributed by atoms with Gasteiger partial charge in [-0.15, -0.1) is 0 Å². The first-order chi connectivity index (χ1) is 9.74. The molecule has 0 N–H and O–H groups in total. The summed E-state index contributed by atoms with van der Waals surface area (Å²) in [6, 6.07) is 10.5. The molecular formula is C16H18N2O2. The summed E-state index contributed by atoms with van der Waals surface area (Å²) in [4.78, 5) is 11.9. The number of carbonyl (C=O) groups is 1. The van der Waals surface area contributed by atoms with Crippen LogP contribution in [0.15, 0.2) is 29.4 Å². The number of hydrogen-bond acceptors (Lipinski definition) is 4. The number of ketones is 1. The van der Waals surface area contributed by atoms with E-state index in [2.05, 4.69) is 24.0 Å². The van der Waals surface area contributed by atoms with Crippen molar-refractivity contribution in [2.45, 2.75) is 26.2 Å². The Balaban J connectivity index is 2.30. The van der Waals surface area contributed by atoms with Crippen LogP contribution >= 0.6 is 0 Å². The molecule has 0 unspecified atom stereocenters. The van der Waals surface area contributed by atoms with E-state index in [0.29, 0.717) is 12.1 Å². The Kier molecular flexibility index (Phi) is 4.78. The maximum Gasteiger partial charge on any atom is 0.161 e. The normalized spacial score (nSPS) is 14.4. The average molecular weight is 270 g/mol. The summed E-state index contributed by atoms with van der Waals surface area (Å²) >= 11 is 0. The predicted molar refractivity (Wildman–Crippen MR) is 78.5 cm³/mol. The molecule has 104 valence electrons. The van der Waals surface area contributed by atoms with E-state index in [4.69, 9.17) is 4.74 Å². The number of hydrazone groups is 1. The van der Waals surface area contributed by atoms with E-state index in [0.717, 1.165) is 24.2 Å². The van der Waals surface area contributed by atoms with Gasteiger partial charge in [-0.1, -0.05) is 25.0 Å². The lowest BCUT2D eigenvalue weighted by atomic mass is 10.0. The highest BCUT2D eigenvalue weighted by molar-refractivity contribution is 6.13. The van der Waals surface area contributed by atoms with Crippen molar-refractivity contribution >= 4 is 11.5 Å². The predicted octanol–water partition coefficient (Wildman–Crippen LogP) is 2.44. The Bertz CT molecular complexity index is 582. The van der Waals surface area contributed by atoms with Crippen molar-refractivity contribution in [1.29, 1.82) is 0 Å². The van der Waals surface area contributed by atoms with Crippen molar-refractivity contribution in [3.05, 3.63) is 29.8 Å². The van der Waals surface area contributed by atoms with Gasteiger partial charge in [-0.2, -0.15) is 5.10 Å². The third kappa shape index (κ3) is 3.39. The Morgan fingerprint density at radius 2 is 2.20 bits per heavy atom. The highest BCUT2D eigenvalue weighted by Crippen LogP contribution is 2.21. The lowest BCUT2D eigenvalue weighted by molar-refractivity contribution is -0.118. The second-order valence-corrected chi connectivity index (χ2v) is 4.56. The number of unbranched alkanes of at least 4 members (excludes halogenated alkanes) is 1. The number of nitrogens with zero attached hydrogens (tertiary/aromatic N) is 2. The summed E-state index contributed by atoms with van der Waals surface area (Å²) in [6.45, 7) is 2.33. The van der Waals surface area contributed by atoms with Crippen molar-refractivity contribution in [2.24, 2.45) is 5.10 Å². The summed E-state index contributed by atoms with van der Waals surface area (Å²) in [5, 5.41) is 5.99. The SMILES string of the molecule is CCCC#CN1CC(=O)CC(c2ccccc2OC)=N1. The van der Waals surface area contributed by atoms with Crippen LogP contribution in [-0.2, 0) is 4.79 Å². The third-order valence-electron chi connectivity index (χ3n) is 2.93. The molecule has 0 saturated heterocycles. The van der Waals surface area contributed by atoms with Gasteiger partial charge in [0, 0.05) is 18.0 Å². The minimum Gasteiger partial charge on any atom is -0.496 e. The maximum absolute atomic E-state index is 11.9. The zero-order valence-corrected chi connectivity index (χ0v) is 11.8. The van der Waals surface area contributed by atoms with Gasteiger partial charge in [-0.3, -0.25) is 4.79 Å². The highest BCUT2D eigenvalue weighted by Gasteiger charge is 2.21. The van der Waals surface area contributed by atoms with Gasteiger partial charge in [0.05, 0.1) is 19.2 Å².